The second-order valence-electron chi connectivity index (χ2n) is 6.97. The highest BCUT2D eigenvalue weighted by Crippen LogP contribution is 2.16. The molecule has 3 aromatic rings. The minimum absolute atomic E-state index is 0.0579. The highest BCUT2D eigenvalue weighted by atomic mass is 16.2. The number of amides is 2. The van der Waals surface area contributed by atoms with E-state index in [1.807, 2.05) is 33.9 Å². The van der Waals surface area contributed by atoms with E-state index in [9.17, 15) is 9.59 Å². The van der Waals surface area contributed by atoms with Crippen molar-refractivity contribution in [1.29, 1.82) is 0 Å². The van der Waals surface area contributed by atoms with Crippen LogP contribution in [0.1, 0.15) is 39.1 Å². The van der Waals surface area contributed by atoms with Gasteiger partial charge in [-0.3, -0.25) is 9.59 Å². The van der Waals surface area contributed by atoms with E-state index >= 15 is 0 Å². The van der Waals surface area contributed by atoms with Crippen LogP contribution in [0.2, 0.25) is 0 Å². The molecule has 2 aromatic carbocycles. The van der Waals surface area contributed by atoms with Crippen LogP contribution in [0, 0.1) is 0 Å². The van der Waals surface area contributed by atoms with Crippen molar-refractivity contribution in [3.63, 3.8) is 0 Å². The van der Waals surface area contributed by atoms with Gasteiger partial charge in [0.1, 0.15) is 0 Å². The van der Waals surface area contributed by atoms with Gasteiger partial charge in [-0.1, -0.05) is 12.1 Å². The van der Waals surface area contributed by atoms with E-state index in [0.717, 1.165) is 31.5 Å². The Morgan fingerprint density at radius 1 is 1.00 bits per heavy atom. The van der Waals surface area contributed by atoms with Crippen molar-refractivity contribution in [3.05, 3.63) is 83.9 Å². The molecule has 2 heterocycles. The highest BCUT2D eigenvalue weighted by Gasteiger charge is 2.19. The van der Waals surface area contributed by atoms with Gasteiger partial charge in [0.25, 0.3) is 11.8 Å². The third-order valence-electron chi connectivity index (χ3n) is 4.90. The van der Waals surface area contributed by atoms with Gasteiger partial charge in [0.2, 0.25) is 0 Å². The minimum Gasteiger partial charge on any atom is -0.339 e. The Morgan fingerprint density at radius 2 is 1.79 bits per heavy atom. The Hall–Kier alpha value is -3.41. The number of likely N-dealkylation sites (tertiary alicyclic amines) is 1. The molecular formula is C22H22N4O2. The van der Waals surface area contributed by atoms with E-state index in [2.05, 4.69) is 10.3 Å². The lowest BCUT2D eigenvalue weighted by atomic mass is 10.1. The molecule has 1 N–H and O–H groups in total. The maximum absolute atomic E-state index is 12.6. The molecule has 4 rings (SSSR count). The average Bonchev–Trinajstić information content (AvgIpc) is 3.42. The summed E-state index contributed by atoms with van der Waals surface area (Å²) in [4.78, 5) is 30.9. The molecule has 1 aliphatic heterocycles. The Labute approximate surface area is 163 Å². The molecule has 6 nitrogen and oxygen atoms in total. The third kappa shape index (κ3) is 4.11. The number of nitrogens with zero attached hydrogens (tertiary/aromatic N) is 3. The van der Waals surface area contributed by atoms with E-state index in [1.54, 1.807) is 42.9 Å². The fourth-order valence-corrected chi connectivity index (χ4v) is 3.40. The van der Waals surface area contributed by atoms with Crippen LogP contribution in [0.25, 0.3) is 0 Å². The van der Waals surface area contributed by atoms with Crippen molar-refractivity contribution in [3.8, 4) is 0 Å². The van der Waals surface area contributed by atoms with Crippen molar-refractivity contribution in [2.45, 2.75) is 19.4 Å². The average molecular weight is 374 g/mol. The number of carbonyl (C=O) groups excluding carboxylic acids is 2. The topological polar surface area (TPSA) is 67.2 Å². The van der Waals surface area contributed by atoms with Crippen LogP contribution in [0.4, 0.5) is 5.69 Å². The van der Waals surface area contributed by atoms with Crippen LogP contribution in [-0.4, -0.2) is 39.4 Å². The van der Waals surface area contributed by atoms with Crippen LogP contribution < -0.4 is 5.32 Å². The first-order valence-corrected chi connectivity index (χ1v) is 9.44. The van der Waals surface area contributed by atoms with Gasteiger partial charge in [-0.05, 0) is 54.8 Å². The lowest BCUT2D eigenvalue weighted by Crippen LogP contribution is -2.27. The first kappa shape index (κ1) is 18.0. The van der Waals surface area contributed by atoms with Crippen molar-refractivity contribution >= 4 is 17.5 Å². The SMILES string of the molecule is O=C(Nc1ccc(C(=O)N2CCCC2)cc1)c1cccc(Cn2ccnc2)c1. The summed E-state index contributed by atoms with van der Waals surface area (Å²) < 4.78 is 1.95. The zero-order chi connectivity index (χ0) is 19.3. The van der Waals surface area contributed by atoms with Crippen LogP contribution in [0.3, 0.4) is 0 Å². The largest absolute Gasteiger partial charge is 0.339 e. The Balaban J connectivity index is 1.41. The van der Waals surface area contributed by atoms with Crippen LogP contribution in [-0.2, 0) is 6.54 Å². The number of hydrogen-bond donors (Lipinski definition) is 1. The number of rotatable bonds is 5. The second-order valence-corrected chi connectivity index (χ2v) is 6.97. The monoisotopic (exact) mass is 374 g/mol. The van der Waals surface area contributed by atoms with Crippen molar-refractivity contribution in [2.75, 3.05) is 18.4 Å². The van der Waals surface area contributed by atoms with Gasteiger partial charge in [0.05, 0.1) is 6.33 Å². The Bertz CT molecular complexity index is 958. The molecule has 0 bridgehead atoms. The highest BCUT2D eigenvalue weighted by molar-refractivity contribution is 6.04. The molecule has 28 heavy (non-hydrogen) atoms. The van der Waals surface area contributed by atoms with Gasteiger partial charge < -0.3 is 14.8 Å². The summed E-state index contributed by atoms with van der Waals surface area (Å²) in [6.07, 6.45) is 7.50. The molecule has 1 aromatic heterocycles. The predicted molar refractivity (Wildman–Crippen MR) is 107 cm³/mol. The number of imidazole rings is 1. The summed E-state index contributed by atoms with van der Waals surface area (Å²) in [5.74, 6) is -0.117. The fraction of sp³-hybridized carbons (Fsp3) is 0.227. The van der Waals surface area contributed by atoms with E-state index in [0.29, 0.717) is 23.4 Å². The van der Waals surface area contributed by atoms with Gasteiger partial charge >= 0.3 is 0 Å². The molecule has 6 heteroatoms. The summed E-state index contributed by atoms with van der Waals surface area (Å²) >= 11 is 0. The first-order chi connectivity index (χ1) is 13.7. The van der Waals surface area contributed by atoms with Crippen LogP contribution in [0.15, 0.2) is 67.3 Å². The van der Waals surface area contributed by atoms with Gasteiger partial charge in [-0.25, -0.2) is 4.98 Å². The number of benzene rings is 2. The molecule has 2 amide bonds. The number of aromatic nitrogens is 2. The molecule has 0 unspecified atom stereocenters. The number of hydrogen-bond acceptors (Lipinski definition) is 3. The van der Waals surface area contributed by atoms with Crippen molar-refractivity contribution < 1.29 is 9.59 Å². The Morgan fingerprint density at radius 3 is 2.50 bits per heavy atom. The van der Waals surface area contributed by atoms with Gasteiger partial charge in [0.15, 0.2) is 0 Å². The maximum Gasteiger partial charge on any atom is 0.255 e. The number of nitrogens with one attached hydrogen (secondary N) is 1. The minimum atomic E-state index is -0.175. The molecule has 0 atom stereocenters. The summed E-state index contributed by atoms with van der Waals surface area (Å²) in [5.41, 5.74) is 2.94. The van der Waals surface area contributed by atoms with Gasteiger partial charge in [-0.15, -0.1) is 0 Å². The van der Waals surface area contributed by atoms with E-state index in [4.69, 9.17) is 0 Å². The summed E-state index contributed by atoms with van der Waals surface area (Å²) in [5, 5.41) is 2.90. The van der Waals surface area contributed by atoms with Crippen LogP contribution in [0.5, 0.6) is 0 Å². The Kier molecular flexibility index (Phi) is 5.19. The van der Waals surface area contributed by atoms with E-state index < -0.39 is 0 Å². The molecule has 1 aliphatic rings. The zero-order valence-corrected chi connectivity index (χ0v) is 15.5. The number of anilines is 1. The molecule has 1 saturated heterocycles. The molecule has 0 radical (unpaired) electrons. The lowest BCUT2D eigenvalue weighted by Gasteiger charge is -2.15. The van der Waals surface area contributed by atoms with Crippen molar-refractivity contribution in [1.82, 2.24) is 14.5 Å². The predicted octanol–water partition coefficient (Wildman–Crippen LogP) is 3.42. The van der Waals surface area contributed by atoms with Gasteiger partial charge in [0, 0.05) is 48.8 Å². The molecule has 142 valence electrons. The maximum atomic E-state index is 12.6. The molecule has 0 spiro atoms. The quantitative estimate of drug-likeness (QED) is 0.744. The molecule has 0 aliphatic carbocycles. The summed E-state index contributed by atoms with van der Waals surface area (Å²) in [7, 11) is 0. The molecular weight excluding hydrogens is 352 g/mol. The summed E-state index contributed by atoms with van der Waals surface area (Å²) in [6, 6.07) is 14.6. The standard InChI is InChI=1S/C22H22N4O2/c27-21(19-5-3-4-17(14-19)15-25-13-10-23-16-25)24-20-8-6-18(7-9-20)22(28)26-11-1-2-12-26/h3-10,13-14,16H,1-2,11-12,15H2,(H,24,27). The van der Waals surface area contributed by atoms with Crippen LogP contribution >= 0.6 is 0 Å². The second kappa shape index (κ2) is 8.08. The normalized spacial score (nSPS) is 13.5. The summed E-state index contributed by atoms with van der Waals surface area (Å²) in [6.45, 7) is 2.31. The zero-order valence-electron chi connectivity index (χ0n) is 15.5. The molecule has 0 saturated carbocycles. The van der Waals surface area contributed by atoms with E-state index in [1.165, 1.54) is 0 Å². The van der Waals surface area contributed by atoms with E-state index in [-0.39, 0.29) is 11.8 Å². The van der Waals surface area contributed by atoms with Gasteiger partial charge in [-0.2, -0.15) is 0 Å². The molecule has 1 fully saturated rings. The third-order valence-corrected chi connectivity index (χ3v) is 4.90. The lowest BCUT2D eigenvalue weighted by molar-refractivity contribution is 0.0792. The first-order valence-electron chi connectivity index (χ1n) is 9.44. The fourth-order valence-electron chi connectivity index (χ4n) is 3.40. The smallest absolute Gasteiger partial charge is 0.255 e. The van der Waals surface area contributed by atoms with Crippen molar-refractivity contribution in [2.24, 2.45) is 0 Å². The number of carbonyl (C=O) groups is 2.